The van der Waals surface area contributed by atoms with E-state index in [-0.39, 0.29) is 31.1 Å². The van der Waals surface area contributed by atoms with Gasteiger partial charge in [-0.3, -0.25) is 14.4 Å². The quantitative estimate of drug-likeness (QED) is 0.0262. The van der Waals surface area contributed by atoms with Gasteiger partial charge in [-0.1, -0.05) is 201 Å². The third-order valence-electron chi connectivity index (χ3n) is 11.0. The van der Waals surface area contributed by atoms with Gasteiger partial charge in [0.25, 0.3) is 0 Å². The maximum Gasteiger partial charge on any atom is 0.306 e. The molecule has 0 radical (unpaired) electrons. The number of hydrogen-bond donors (Lipinski definition) is 0. The number of unbranched alkanes of at least 4 members (excludes halogenated alkanes) is 18. The van der Waals surface area contributed by atoms with Gasteiger partial charge in [-0.05, 0) is 122 Å². The zero-order valence-corrected chi connectivity index (χ0v) is 42.7. The van der Waals surface area contributed by atoms with Crippen LogP contribution in [0.2, 0.25) is 0 Å². The average molecular weight is 915 g/mol. The zero-order chi connectivity index (χ0) is 47.9. The van der Waals surface area contributed by atoms with Crippen LogP contribution >= 0.6 is 0 Å². The lowest BCUT2D eigenvalue weighted by atomic mass is 10.1. The number of allylic oxidation sites excluding steroid dienone is 18. The molecule has 0 spiro atoms. The van der Waals surface area contributed by atoms with Crippen molar-refractivity contribution in [2.45, 2.75) is 239 Å². The van der Waals surface area contributed by atoms with Gasteiger partial charge in [-0.25, -0.2) is 0 Å². The summed E-state index contributed by atoms with van der Waals surface area (Å²) in [5, 5.41) is 0. The van der Waals surface area contributed by atoms with Gasteiger partial charge in [0, 0.05) is 19.3 Å². The summed E-state index contributed by atoms with van der Waals surface area (Å²) in [4.78, 5) is 38.0. The van der Waals surface area contributed by atoms with Crippen molar-refractivity contribution < 1.29 is 28.6 Å². The summed E-state index contributed by atoms with van der Waals surface area (Å²) in [5.74, 6) is -0.949. The first-order chi connectivity index (χ1) is 32.5. The van der Waals surface area contributed by atoms with Gasteiger partial charge < -0.3 is 14.2 Å². The van der Waals surface area contributed by atoms with E-state index in [0.717, 1.165) is 148 Å². The van der Waals surface area contributed by atoms with Crippen molar-refractivity contribution in [3.8, 4) is 0 Å². The van der Waals surface area contributed by atoms with Gasteiger partial charge in [-0.2, -0.15) is 0 Å². The molecule has 0 bridgehead atoms. The van der Waals surface area contributed by atoms with Crippen molar-refractivity contribution in [3.63, 3.8) is 0 Å². The largest absolute Gasteiger partial charge is 0.462 e. The van der Waals surface area contributed by atoms with Crippen LogP contribution in [0.5, 0.6) is 0 Å². The highest BCUT2D eigenvalue weighted by atomic mass is 16.6. The fourth-order valence-corrected chi connectivity index (χ4v) is 7.01. The summed E-state index contributed by atoms with van der Waals surface area (Å²) in [6.45, 7) is 6.34. The normalized spacial score (nSPS) is 13.0. The second-order valence-electron chi connectivity index (χ2n) is 17.4. The number of rotatable bonds is 47. The van der Waals surface area contributed by atoms with Crippen molar-refractivity contribution in [2.24, 2.45) is 0 Å². The molecule has 0 rings (SSSR count). The summed E-state index contributed by atoms with van der Waals surface area (Å²) in [6, 6.07) is 0. The Hall–Kier alpha value is -3.93. The van der Waals surface area contributed by atoms with Crippen LogP contribution in [-0.4, -0.2) is 37.2 Å². The van der Waals surface area contributed by atoms with Crippen molar-refractivity contribution in [1.82, 2.24) is 0 Å². The molecule has 0 aliphatic carbocycles. The van der Waals surface area contributed by atoms with E-state index in [9.17, 15) is 14.4 Å². The molecule has 0 aliphatic heterocycles. The molecule has 374 valence electrons. The first-order valence-corrected chi connectivity index (χ1v) is 26.9. The molecule has 1 unspecified atom stereocenters. The molecule has 66 heavy (non-hydrogen) atoms. The Morgan fingerprint density at radius 3 is 0.939 bits per heavy atom. The van der Waals surface area contributed by atoms with Gasteiger partial charge >= 0.3 is 17.9 Å². The van der Waals surface area contributed by atoms with Gasteiger partial charge in [0.1, 0.15) is 13.2 Å². The lowest BCUT2D eigenvalue weighted by Crippen LogP contribution is -2.30. The highest BCUT2D eigenvalue weighted by Gasteiger charge is 2.19. The van der Waals surface area contributed by atoms with Crippen molar-refractivity contribution in [2.75, 3.05) is 13.2 Å². The van der Waals surface area contributed by atoms with Gasteiger partial charge in [-0.15, -0.1) is 0 Å². The molecule has 6 nitrogen and oxygen atoms in total. The van der Waals surface area contributed by atoms with E-state index < -0.39 is 6.10 Å². The van der Waals surface area contributed by atoms with Crippen LogP contribution in [0.1, 0.15) is 233 Å². The summed E-state index contributed by atoms with van der Waals surface area (Å²) in [7, 11) is 0. The van der Waals surface area contributed by atoms with E-state index in [0.29, 0.717) is 19.3 Å². The molecule has 0 aromatic carbocycles. The van der Waals surface area contributed by atoms with E-state index >= 15 is 0 Å². The summed E-state index contributed by atoms with van der Waals surface area (Å²) in [6.07, 6.45) is 72.1. The highest BCUT2D eigenvalue weighted by Crippen LogP contribution is 2.13. The zero-order valence-electron chi connectivity index (χ0n) is 42.7. The third kappa shape index (κ3) is 51.1. The standard InChI is InChI=1S/C60H98O6/c1-4-7-10-13-16-19-22-25-27-29-30-32-33-35-38-41-44-47-50-53-59(62)65-56-57(55-64-58(61)52-49-46-43-40-37-24-21-18-15-12-9-6-3)66-60(63)54-51-48-45-42-39-36-34-31-28-26-23-20-17-14-11-8-5-2/h7-8,10-11,16-21,25-28,30,32,34,36,57H,4-6,9,12-15,22-24,29,31,33,35,37-56H2,1-3H3/b10-7-,11-8-,19-16-,20-17-,21-18-,27-25-,28-26-,32-30-,36-34-. The van der Waals surface area contributed by atoms with Crippen LogP contribution in [0.4, 0.5) is 0 Å². The van der Waals surface area contributed by atoms with Crippen LogP contribution in [0, 0.1) is 0 Å². The van der Waals surface area contributed by atoms with Crippen LogP contribution < -0.4 is 0 Å². The average Bonchev–Trinajstić information content (AvgIpc) is 3.31. The fraction of sp³-hybridized carbons (Fsp3) is 0.650. The molecule has 0 aliphatic rings. The molecular weight excluding hydrogens is 817 g/mol. The Morgan fingerprint density at radius 1 is 0.318 bits per heavy atom. The van der Waals surface area contributed by atoms with E-state index in [1.165, 1.54) is 44.9 Å². The highest BCUT2D eigenvalue weighted by molar-refractivity contribution is 5.71. The molecule has 0 fully saturated rings. The summed E-state index contributed by atoms with van der Waals surface area (Å²) >= 11 is 0. The Balaban J connectivity index is 4.46. The number of ether oxygens (including phenoxy) is 3. The van der Waals surface area contributed by atoms with Crippen LogP contribution in [0.3, 0.4) is 0 Å². The van der Waals surface area contributed by atoms with Crippen molar-refractivity contribution in [3.05, 3.63) is 109 Å². The monoisotopic (exact) mass is 915 g/mol. The maximum absolute atomic E-state index is 12.8. The molecule has 6 heteroatoms. The lowest BCUT2D eigenvalue weighted by molar-refractivity contribution is -0.167. The van der Waals surface area contributed by atoms with Crippen molar-refractivity contribution in [1.29, 1.82) is 0 Å². The van der Waals surface area contributed by atoms with Crippen LogP contribution in [0.15, 0.2) is 109 Å². The van der Waals surface area contributed by atoms with Gasteiger partial charge in [0.2, 0.25) is 0 Å². The SMILES string of the molecule is CC/C=C\C/C=C\C/C=C\C/C=C\CCCCCCCCC(=O)OCC(COC(=O)CCCCCCC/C=C\CCCCC)OC(=O)CCCCCC/C=C\C/C=C\C/C=C\C/C=C\CC. The van der Waals surface area contributed by atoms with Crippen LogP contribution in [-0.2, 0) is 28.6 Å². The van der Waals surface area contributed by atoms with E-state index in [2.05, 4.69) is 130 Å². The molecule has 0 heterocycles. The second kappa shape index (κ2) is 53.7. The number of hydrogen-bond acceptors (Lipinski definition) is 6. The van der Waals surface area contributed by atoms with E-state index in [1.807, 2.05) is 0 Å². The van der Waals surface area contributed by atoms with Crippen molar-refractivity contribution >= 4 is 17.9 Å². The molecule has 0 saturated heterocycles. The predicted octanol–water partition coefficient (Wildman–Crippen LogP) is 17.9. The predicted molar refractivity (Wildman–Crippen MR) is 283 cm³/mol. The molecule has 0 aromatic rings. The smallest absolute Gasteiger partial charge is 0.306 e. The Morgan fingerprint density at radius 2 is 0.591 bits per heavy atom. The lowest BCUT2D eigenvalue weighted by Gasteiger charge is -2.18. The molecule has 0 amide bonds. The van der Waals surface area contributed by atoms with E-state index in [4.69, 9.17) is 14.2 Å². The summed E-state index contributed by atoms with van der Waals surface area (Å²) in [5.41, 5.74) is 0. The summed E-state index contributed by atoms with van der Waals surface area (Å²) < 4.78 is 16.8. The molecule has 1 atom stereocenters. The topological polar surface area (TPSA) is 78.9 Å². The first kappa shape index (κ1) is 62.1. The minimum atomic E-state index is -0.802. The number of carbonyl (C=O) groups excluding carboxylic acids is 3. The number of carbonyl (C=O) groups is 3. The van der Waals surface area contributed by atoms with Gasteiger partial charge in [0.15, 0.2) is 6.10 Å². The molecule has 0 saturated carbocycles. The van der Waals surface area contributed by atoms with Gasteiger partial charge in [0.05, 0.1) is 0 Å². The minimum Gasteiger partial charge on any atom is -0.462 e. The second-order valence-corrected chi connectivity index (χ2v) is 17.4. The maximum atomic E-state index is 12.8. The number of esters is 3. The first-order valence-electron chi connectivity index (χ1n) is 26.9. The Bertz CT molecular complexity index is 1370. The minimum absolute atomic E-state index is 0.0990. The third-order valence-corrected chi connectivity index (χ3v) is 11.0. The molecular formula is C60H98O6. The Kier molecular flexibility index (Phi) is 50.5. The van der Waals surface area contributed by atoms with E-state index in [1.54, 1.807) is 0 Å². The fourth-order valence-electron chi connectivity index (χ4n) is 7.01. The molecule has 0 N–H and O–H groups in total. The molecule has 0 aromatic heterocycles. The Labute approximate surface area is 406 Å². The van der Waals surface area contributed by atoms with Crippen LogP contribution in [0.25, 0.3) is 0 Å².